The summed E-state index contributed by atoms with van der Waals surface area (Å²) in [4.78, 5) is 27.9. The van der Waals surface area contributed by atoms with Gasteiger partial charge in [-0.15, -0.1) is 0 Å². The molecule has 29 heavy (non-hydrogen) atoms. The molecule has 2 aromatic rings. The van der Waals surface area contributed by atoms with Crippen LogP contribution in [0.2, 0.25) is 0 Å². The van der Waals surface area contributed by atoms with Gasteiger partial charge in [0.15, 0.2) is 0 Å². The molecule has 1 heterocycles. The van der Waals surface area contributed by atoms with E-state index in [-0.39, 0.29) is 12.5 Å². The van der Waals surface area contributed by atoms with E-state index in [0.717, 1.165) is 25.0 Å². The van der Waals surface area contributed by atoms with Crippen molar-refractivity contribution in [2.24, 2.45) is 0 Å². The number of aryl methyl sites for hydroxylation is 1. The molecule has 0 radical (unpaired) electrons. The number of hydrogen-bond donors (Lipinski definition) is 1. The minimum atomic E-state index is -0.854. The number of piperazine rings is 1. The first kappa shape index (κ1) is 20.9. The van der Waals surface area contributed by atoms with Gasteiger partial charge in [-0.3, -0.25) is 14.5 Å². The molecule has 7 heteroatoms. The predicted octanol–water partition coefficient (Wildman–Crippen LogP) is 2.47. The van der Waals surface area contributed by atoms with Gasteiger partial charge >= 0.3 is 0 Å². The molecule has 1 N–H and O–H groups in total. The zero-order valence-corrected chi connectivity index (χ0v) is 16.2. The van der Waals surface area contributed by atoms with Crippen molar-refractivity contribution in [3.05, 3.63) is 71.3 Å². The molecular weight excluding hydrogens is 376 g/mol. The molecule has 1 aliphatic heterocycles. The van der Waals surface area contributed by atoms with Gasteiger partial charge in [0, 0.05) is 32.7 Å². The smallest absolute Gasteiger partial charge is 0.259 e. The Balaban J connectivity index is 1.38. The number of benzene rings is 2. The summed E-state index contributed by atoms with van der Waals surface area (Å²) in [5.74, 6) is -2.41. The van der Waals surface area contributed by atoms with Gasteiger partial charge in [0.05, 0.1) is 6.54 Å². The summed E-state index contributed by atoms with van der Waals surface area (Å²) in [6, 6.07) is 13.5. The molecule has 0 unspecified atom stereocenters. The van der Waals surface area contributed by atoms with E-state index < -0.39 is 23.1 Å². The topological polar surface area (TPSA) is 52.7 Å². The van der Waals surface area contributed by atoms with Crippen LogP contribution in [0, 0.1) is 11.6 Å². The Bertz CT molecular complexity index is 817. The second kappa shape index (κ2) is 10.1. The van der Waals surface area contributed by atoms with Crippen molar-refractivity contribution in [3.8, 4) is 0 Å². The van der Waals surface area contributed by atoms with E-state index in [2.05, 4.69) is 17.4 Å². The number of amides is 2. The maximum Gasteiger partial charge on any atom is 0.259 e. The highest BCUT2D eigenvalue weighted by Crippen LogP contribution is 2.16. The average molecular weight is 401 g/mol. The van der Waals surface area contributed by atoms with Crippen molar-refractivity contribution in [1.82, 2.24) is 15.1 Å². The zero-order valence-electron chi connectivity index (χ0n) is 16.2. The Morgan fingerprint density at radius 2 is 1.55 bits per heavy atom. The van der Waals surface area contributed by atoms with E-state index in [0.29, 0.717) is 32.7 Å². The van der Waals surface area contributed by atoms with Gasteiger partial charge in [0.2, 0.25) is 5.91 Å². The molecule has 5 nitrogen and oxygen atoms in total. The number of halogens is 2. The second-order valence-corrected chi connectivity index (χ2v) is 7.10. The molecule has 0 aliphatic carbocycles. The van der Waals surface area contributed by atoms with E-state index in [1.807, 2.05) is 23.1 Å². The van der Waals surface area contributed by atoms with Crippen LogP contribution in [0.1, 0.15) is 22.3 Å². The highest BCUT2D eigenvalue weighted by molar-refractivity contribution is 5.94. The Labute approximate surface area is 169 Å². The highest BCUT2D eigenvalue weighted by Gasteiger charge is 2.27. The molecule has 0 aromatic heterocycles. The summed E-state index contributed by atoms with van der Waals surface area (Å²) in [5.41, 5.74) is 0.728. The van der Waals surface area contributed by atoms with E-state index in [1.54, 1.807) is 0 Å². The predicted molar refractivity (Wildman–Crippen MR) is 106 cm³/mol. The Morgan fingerprint density at radius 3 is 2.21 bits per heavy atom. The van der Waals surface area contributed by atoms with Crippen molar-refractivity contribution in [2.45, 2.75) is 12.8 Å². The molecule has 3 rings (SSSR count). The van der Waals surface area contributed by atoms with Crippen LogP contribution in [0.4, 0.5) is 8.78 Å². The van der Waals surface area contributed by atoms with E-state index in [4.69, 9.17) is 0 Å². The lowest BCUT2D eigenvalue weighted by Crippen LogP contribution is -2.51. The third kappa shape index (κ3) is 5.84. The average Bonchev–Trinajstić information content (AvgIpc) is 2.72. The van der Waals surface area contributed by atoms with Crippen LogP contribution < -0.4 is 5.32 Å². The maximum atomic E-state index is 13.8. The standard InChI is InChI=1S/C22H25F2N3O2/c23-18-9-4-10-19(24)21(18)22(29)27-14-12-26(13-15-27)16-20(28)25-11-5-8-17-6-2-1-3-7-17/h1-4,6-7,9-10H,5,8,11-16H2,(H,25,28). The first-order valence-corrected chi connectivity index (χ1v) is 9.81. The Hall–Kier alpha value is -2.80. The fourth-order valence-corrected chi connectivity index (χ4v) is 3.39. The van der Waals surface area contributed by atoms with Crippen LogP contribution in [-0.4, -0.2) is 60.9 Å². The minimum Gasteiger partial charge on any atom is -0.355 e. The van der Waals surface area contributed by atoms with Crippen LogP contribution in [0.25, 0.3) is 0 Å². The molecule has 0 spiro atoms. The number of carbonyl (C=O) groups is 2. The molecule has 0 bridgehead atoms. The van der Waals surface area contributed by atoms with Crippen molar-refractivity contribution in [1.29, 1.82) is 0 Å². The van der Waals surface area contributed by atoms with Crippen molar-refractivity contribution < 1.29 is 18.4 Å². The number of nitrogens with zero attached hydrogens (tertiary/aromatic N) is 2. The molecule has 154 valence electrons. The fourth-order valence-electron chi connectivity index (χ4n) is 3.39. The lowest BCUT2D eigenvalue weighted by molar-refractivity contribution is -0.122. The van der Waals surface area contributed by atoms with Gasteiger partial charge in [-0.2, -0.15) is 0 Å². The number of rotatable bonds is 7. The van der Waals surface area contributed by atoms with Crippen LogP contribution in [0.15, 0.2) is 48.5 Å². The third-order valence-electron chi connectivity index (χ3n) is 5.01. The Morgan fingerprint density at radius 1 is 0.897 bits per heavy atom. The van der Waals surface area contributed by atoms with Gasteiger partial charge in [-0.25, -0.2) is 8.78 Å². The summed E-state index contributed by atoms with van der Waals surface area (Å²) in [6.07, 6.45) is 1.78. The fraction of sp³-hybridized carbons (Fsp3) is 0.364. The molecular formula is C22H25F2N3O2. The molecule has 1 aliphatic rings. The van der Waals surface area contributed by atoms with Crippen molar-refractivity contribution in [3.63, 3.8) is 0 Å². The van der Waals surface area contributed by atoms with Crippen LogP contribution >= 0.6 is 0 Å². The van der Waals surface area contributed by atoms with Gasteiger partial charge in [0.25, 0.3) is 5.91 Å². The van der Waals surface area contributed by atoms with Crippen molar-refractivity contribution >= 4 is 11.8 Å². The zero-order chi connectivity index (χ0) is 20.6. The Kier molecular flexibility index (Phi) is 7.30. The molecule has 2 amide bonds. The van der Waals surface area contributed by atoms with Gasteiger partial charge in [0.1, 0.15) is 17.2 Å². The van der Waals surface area contributed by atoms with Crippen LogP contribution in [0.3, 0.4) is 0 Å². The van der Waals surface area contributed by atoms with Gasteiger partial charge in [-0.05, 0) is 30.5 Å². The van der Waals surface area contributed by atoms with Crippen LogP contribution in [-0.2, 0) is 11.2 Å². The summed E-state index contributed by atoms with van der Waals surface area (Å²) in [7, 11) is 0. The maximum absolute atomic E-state index is 13.8. The molecule has 1 saturated heterocycles. The van der Waals surface area contributed by atoms with Crippen LogP contribution in [0.5, 0.6) is 0 Å². The molecule has 2 aromatic carbocycles. The first-order valence-electron chi connectivity index (χ1n) is 9.81. The van der Waals surface area contributed by atoms with Crippen molar-refractivity contribution in [2.75, 3.05) is 39.3 Å². The number of carbonyl (C=O) groups excluding carboxylic acids is 2. The normalized spacial score (nSPS) is 14.6. The van der Waals surface area contributed by atoms with Gasteiger partial charge in [-0.1, -0.05) is 36.4 Å². The SMILES string of the molecule is O=C(CN1CCN(C(=O)c2c(F)cccc2F)CC1)NCCCc1ccccc1. The van der Waals surface area contributed by atoms with E-state index >= 15 is 0 Å². The summed E-state index contributed by atoms with van der Waals surface area (Å²) in [6.45, 7) is 2.49. The quantitative estimate of drug-likeness (QED) is 0.726. The lowest BCUT2D eigenvalue weighted by atomic mass is 10.1. The largest absolute Gasteiger partial charge is 0.355 e. The lowest BCUT2D eigenvalue weighted by Gasteiger charge is -2.34. The van der Waals surface area contributed by atoms with Gasteiger partial charge < -0.3 is 10.2 Å². The summed E-state index contributed by atoms with van der Waals surface area (Å²) >= 11 is 0. The third-order valence-corrected chi connectivity index (χ3v) is 5.01. The highest BCUT2D eigenvalue weighted by atomic mass is 19.1. The number of nitrogens with one attached hydrogen (secondary N) is 1. The molecule has 0 atom stereocenters. The van der Waals surface area contributed by atoms with E-state index in [1.165, 1.54) is 16.5 Å². The van der Waals surface area contributed by atoms with E-state index in [9.17, 15) is 18.4 Å². The first-order chi connectivity index (χ1) is 14.0. The minimum absolute atomic E-state index is 0.0574. The monoisotopic (exact) mass is 401 g/mol. The second-order valence-electron chi connectivity index (χ2n) is 7.10. The molecule has 0 saturated carbocycles. The molecule has 1 fully saturated rings. The summed E-state index contributed by atoms with van der Waals surface area (Å²) < 4.78 is 27.6. The summed E-state index contributed by atoms with van der Waals surface area (Å²) in [5, 5.41) is 2.91. The number of hydrogen-bond acceptors (Lipinski definition) is 3.